The van der Waals surface area contributed by atoms with Crippen molar-refractivity contribution in [2.24, 2.45) is 0 Å². The third kappa shape index (κ3) is 3.56. The molecule has 19 heavy (non-hydrogen) atoms. The highest BCUT2D eigenvalue weighted by molar-refractivity contribution is 6.34. The molecule has 0 atom stereocenters. The van der Waals surface area contributed by atoms with E-state index >= 15 is 0 Å². The molecule has 0 heterocycles. The summed E-state index contributed by atoms with van der Waals surface area (Å²) in [6, 6.07) is 4.39. The number of anilines is 1. The second-order valence-electron chi connectivity index (χ2n) is 4.84. The Bertz CT molecular complexity index is 484. The number of rotatable bonds is 2. The van der Waals surface area contributed by atoms with Crippen molar-refractivity contribution in [2.45, 2.75) is 37.6 Å². The van der Waals surface area contributed by atoms with Crippen molar-refractivity contribution in [3.05, 3.63) is 28.8 Å². The van der Waals surface area contributed by atoms with Crippen molar-refractivity contribution in [1.82, 2.24) is 5.32 Å². The maximum atomic E-state index is 13.0. The van der Waals surface area contributed by atoms with Crippen molar-refractivity contribution >= 4 is 23.2 Å². The number of halogens is 3. The van der Waals surface area contributed by atoms with Crippen LogP contribution in [0.3, 0.4) is 0 Å². The number of nitrogens with one attached hydrogen (secondary N) is 1. The fourth-order valence-corrected chi connectivity index (χ4v) is 2.37. The van der Waals surface area contributed by atoms with Crippen LogP contribution in [0.2, 0.25) is 5.02 Å². The van der Waals surface area contributed by atoms with Crippen LogP contribution in [0, 0.1) is 0 Å². The number of carbonyl (C=O) groups is 1. The summed E-state index contributed by atoms with van der Waals surface area (Å²) in [5, 5.41) is 3.03. The Balaban J connectivity index is 2.00. The van der Waals surface area contributed by atoms with Crippen molar-refractivity contribution in [1.29, 1.82) is 0 Å². The average Bonchev–Trinajstić information content (AvgIpc) is 2.35. The number of nitrogens with two attached hydrogens (primary N) is 1. The van der Waals surface area contributed by atoms with E-state index < -0.39 is 5.92 Å². The second kappa shape index (κ2) is 5.33. The van der Waals surface area contributed by atoms with Gasteiger partial charge < -0.3 is 11.1 Å². The zero-order valence-electron chi connectivity index (χ0n) is 10.3. The molecule has 0 saturated heterocycles. The van der Waals surface area contributed by atoms with Gasteiger partial charge in [0.15, 0.2) is 0 Å². The van der Waals surface area contributed by atoms with Crippen LogP contribution in [-0.4, -0.2) is 17.9 Å². The molecule has 3 N–H and O–H groups in total. The minimum absolute atomic E-state index is 0.192. The molecular formula is C13H15ClF2N2O. The molecular weight excluding hydrogens is 274 g/mol. The normalized spacial score (nSPS) is 19.1. The number of hydrogen-bond donors (Lipinski definition) is 2. The van der Waals surface area contributed by atoms with Crippen LogP contribution in [-0.2, 0) is 0 Å². The summed E-state index contributed by atoms with van der Waals surface area (Å²) in [7, 11) is 0. The zero-order valence-corrected chi connectivity index (χ0v) is 11.0. The molecule has 0 bridgehead atoms. The largest absolute Gasteiger partial charge is 0.399 e. The van der Waals surface area contributed by atoms with E-state index in [1.807, 2.05) is 0 Å². The monoisotopic (exact) mass is 288 g/mol. The summed E-state index contributed by atoms with van der Waals surface area (Å²) in [4.78, 5) is 12.0. The number of alkyl halides is 2. The Hall–Kier alpha value is -1.36. The standard InChI is InChI=1S/C13H15ClF2N2O/c14-11-2-1-8(17)7-10(11)12(19)18-9-3-5-13(15,16)6-4-9/h1-2,7,9H,3-6,17H2,(H,18,19). The molecule has 0 unspecified atom stereocenters. The van der Waals surface area contributed by atoms with Gasteiger partial charge in [-0.15, -0.1) is 0 Å². The molecule has 1 amide bonds. The molecule has 0 aromatic heterocycles. The van der Waals surface area contributed by atoms with E-state index in [9.17, 15) is 13.6 Å². The lowest BCUT2D eigenvalue weighted by Crippen LogP contribution is -2.40. The molecule has 3 nitrogen and oxygen atoms in total. The molecule has 1 aliphatic rings. The van der Waals surface area contributed by atoms with E-state index in [0.29, 0.717) is 10.7 Å². The minimum atomic E-state index is -2.60. The van der Waals surface area contributed by atoms with Crippen LogP contribution in [0.5, 0.6) is 0 Å². The zero-order chi connectivity index (χ0) is 14.0. The third-order valence-electron chi connectivity index (χ3n) is 3.29. The van der Waals surface area contributed by atoms with Crippen molar-refractivity contribution in [3.63, 3.8) is 0 Å². The van der Waals surface area contributed by atoms with Gasteiger partial charge in [-0.1, -0.05) is 11.6 Å². The SMILES string of the molecule is Nc1ccc(Cl)c(C(=O)NC2CCC(F)(F)CC2)c1. The number of carbonyl (C=O) groups excluding carboxylic acids is 1. The Morgan fingerprint density at radius 3 is 2.63 bits per heavy atom. The molecule has 0 aliphatic heterocycles. The summed E-state index contributed by atoms with van der Waals surface area (Å²) < 4.78 is 26.0. The molecule has 1 fully saturated rings. The van der Waals surface area contributed by atoms with Gasteiger partial charge in [0.1, 0.15) is 0 Å². The molecule has 1 aromatic rings. The topological polar surface area (TPSA) is 55.1 Å². The Kier molecular flexibility index (Phi) is 3.94. The lowest BCUT2D eigenvalue weighted by atomic mass is 9.92. The van der Waals surface area contributed by atoms with Gasteiger partial charge in [-0.25, -0.2) is 8.78 Å². The predicted octanol–water partition coefficient (Wildman–Crippen LogP) is 3.23. The highest BCUT2D eigenvalue weighted by Gasteiger charge is 2.35. The van der Waals surface area contributed by atoms with Gasteiger partial charge in [-0.2, -0.15) is 0 Å². The molecule has 1 saturated carbocycles. The highest BCUT2D eigenvalue weighted by Crippen LogP contribution is 2.33. The van der Waals surface area contributed by atoms with E-state index in [-0.39, 0.29) is 43.2 Å². The van der Waals surface area contributed by atoms with E-state index in [0.717, 1.165) is 0 Å². The summed E-state index contributed by atoms with van der Waals surface area (Å²) in [5.41, 5.74) is 6.31. The first-order valence-electron chi connectivity index (χ1n) is 6.11. The fourth-order valence-electron chi connectivity index (χ4n) is 2.16. The van der Waals surface area contributed by atoms with Gasteiger partial charge in [-0.05, 0) is 31.0 Å². The van der Waals surface area contributed by atoms with Crippen LogP contribution in [0.25, 0.3) is 0 Å². The lowest BCUT2D eigenvalue weighted by molar-refractivity contribution is -0.0399. The summed E-state index contributed by atoms with van der Waals surface area (Å²) in [5.74, 6) is -2.97. The van der Waals surface area contributed by atoms with Crippen molar-refractivity contribution in [3.8, 4) is 0 Å². The van der Waals surface area contributed by atoms with Crippen LogP contribution in [0.15, 0.2) is 18.2 Å². The fraction of sp³-hybridized carbons (Fsp3) is 0.462. The first-order chi connectivity index (χ1) is 8.87. The molecule has 0 spiro atoms. The Morgan fingerprint density at radius 1 is 1.37 bits per heavy atom. The predicted molar refractivity (Wildman–Crippen MR) is 70.5 cm³/mol. The highest BCUT2D eigenvalue weighted by atomic mass is 35.5. The van der Waals surface area contributed by atoms with Crippen LogP contribution >= 0.6 is 11.6 Å². The number of hydrogen-bond acceptors (Lipinski definition) is 2. The molecule has 2 rings (SSSR count). The second-order valence-corrected chi connectivity index (χ2v) is 5.25. The molecule has 6 heteroatoms. The number of nitrogen functional groups attached to an aromatic ring is 1. The molecule has 0 radical (unpaired) electrons. The van der Waals surface area contributed by atoms with Crippen LogP contribution < -0.4 is 11.1 Å². The number of benzene rings is 1. The smallest absolute Gasteiger partial charge is 0.253 e. The minimum Gasteiger partial charge on any atom is -0.399 e. The van der Waals surface area contributed by atoms with Crippen LogP contribution in [0.4, 0.5) is 14.5 Å². The summed E-state index contributed by atoms with van der Waals surface area (Å²) >= 11 is 5.92. The van der Waals surface area contributed by atoms with E-state index in [1.165, 1.54) is 6.07 Å². The Labute approximate surface area is 115 Å². The molecule has 1 aromatic carbocycles. The number of amides is 1. The van der Waals surface area contributed by atoms with Gasteiger partial charge in [0.25, 0.3) is 5.91 Å². The van der Waals surface area contributed by atoms with Crippen LogP contribution in [0.1, 0.15) is 36.0 Å². The molecule has 1 aliphatic carbocycles. The maximum Gasteiger partial charge on any atom is 0.253 e. The van der Waals surface area contributed by atoms with Gasteiger partial charge in [0, 0.05) is 24.6 Å². The van der Waals surface area contributed by atoms with Gasteiger partial charge in [-0.3, -0.25) is 4.79 Å². The quantitative estimate of drug-likeness (QED) is 0.821. The molecule has 104 valence electrons. The van der Waals surface area contributed by atoms with Gasteiger partial charge in [0.05, 0.1) is 10.6 Å². The summed E-state index contributed by atoms with van der Waals surface area (Å²) in [6.45, 7) is 0. The van der Waals surface area contributed by atoms with E-state index in [1.54, 1.807) is 12.1 Å². The van der Waals surface area contributed by atoms with Crippen molar-refractivity contribution < 1.29 is 13.6 Å². The van der Waals surface area contributed by atoms with E-state index in [4.69, 9.17) is 17.3 Å². The van der Waals surface area contributed by atoms with E-state index in [2.05, 4.69) is 5.32 Å². The third-order valence-corrected chi connectivity index (χ3v) is 3.62. The average molecular weight is 289 g/mol. The first kappa shape index (κ1) is 14.1. The van der Waals surface area contributed by atoms with Crippen molar-refractivity contribution in [2.75, 3.05) is 5.73 Å². The summed E-state index contributed by atoms with van der Waals surface area (Å²) in [6.07, 6.45) is 0.169. The Morgan fingerprint density at radius 2 is 2.00 bits per heavy atom. The first-order valence-corrected chi connectivity index (χ1v) is 6.49. The lowest BCUT2D eigenvalue weighted by Gasteiger charge is -2.28. The van der Waals surface area contributed by atoms with Gasteiger partial charge >= 0.3 is 0 Å². The van der Waals surface area contributed by atoms with Gasteiger partial charge in [0.2, 0.25) is 5.92 Å². The maximum absolute atomic E-state index is 13.0.